The highest BCUT2D eigenvalue weighted by Crippen LogP contribution is 2.16. The van der Waals surface area contributed by atoms with Gasteiger partial charge in [0.05, 0.1) is 5.97 Å². The zero-order valence-corrected chi connectivity index (χ0v) is 11.4. The van der Waals surface area contributed by atoms with Crippen molar-refractivity contribution in [3.63, 3.8) is 0 Å². The lowest BCUT2D eigenvalue weighted by atomic mass is 10.1. The Morgan fingerprint density at radius 3 is 2.57 bits per heavy atom. The Kier molecular flexibility index (Phi) is 4.29. The van der Waals surface area contributed by atoms with Crippen molar-refractivity contribution in [1.29, 1.82) is 0 Å². The fourth-order valence-electron chi connectivity index (χ4n) is 1.61. The van der Waals surface area contributed by atoms with E-state index in [9.17, 15) is 19.5 Å². The first-order valence-corrected chi connectivity index (χ1v) is 6.17. The summed E-state index contributed by atoms with van der Waals surface area (Å²) in [5.74, 6) is -2.28. The van der Waals surface area contributed by atoms with Crippen molar-refractivity contribution in [2.45, 2.75) is 0 Å². The Balaban J connectivity index is 2.22. The van der Waals surface area contributed by atoms with Gasteiger partial charge in [0.25, 0.3) is 11.8 Å². The van der Waals surface area contributed by atoms with Crippen molar-refractivity contribution in [2.24, 2.45) is 0 Å². The predicted molar refractivity (Wildman–Crippen MR) is 73.8 cm³/mol. The average molecular weight is 305 g/mol. The molecule has 7 nitrogen and oxygen atoms in total. The number of carbonyl (C=O) groups is 3. The third kappa shape index (κ3) is 3.86. The lowest BCUT2D eigenvalue weighted by molar-refractivity contribution is -0.307. The number of rotatable bonds is 4. The molecule has 1 aromatic carbocycles. The largest absolute Gasteiger partial charge is 0.546 e. The molecule has 0 aliphatic carbocycles. The van der Waals surface area contributed by atoms with Gasteiger partial charge in [-0.25, -0.2) is 0 Å². The van der Waals surface area contributed by atoms with Crippen LogP contribution in [-0.4, -0.2) is 29.5 Å². The summed E-state index contributed by atoms with van der Waals surface area (Å²) < 4.78 is 4.95. The molecular weight excluding hydrogens is 296 g/mol. The Morgan fingerprint density at radius 1 is 1.29 bits per heavy atom. The molecule has 108 valence electrons. The lowest BCUT2D eigenvalue weighted by Gasteiger charge is -2.16. The van der Waals surface area contributed by atoms with Gasteiger partial charge < -0.3 is 14.6 Å². The third-order valence-electron chi connectivity index (χ3n) is 2.47. The van der Waals surface area contributed by atoms with Crippen molar-refractivity contribution >= 4 is 41.2 Å². The molecule has 21 heavy (non-hydrogen) atoms. The van der Waals surface area contributed by atoms with Gasteiger partial charge in [0, 0.05) is 0 Å². The van der Waals surface area contributed by atoms with Gasteiger partial charge in [0.2, 0.25) is 0 Å². The molecule has 0 saturated carbocycles. The van der Waals surface area contributed by atoms with Crippen molar-refractivity contribution < 1.29 is 24.2 Å². The van der Waals surface area contributed by atoms with E-state index in [1.54, 1.807) is 18.2 Å². The number of benzene rings is 1. The number of carbonyl (C=O) groups excluding carboxylic acids is 3. The molecule has 0 aromatic heterocycles. The molecular formula is C13H9N2O5S-. The molecule has 1 aromatic rings. The van der Waals surface area contributed by atoms with Gasteiger partial charge in [-0.15, -0.1) is 0 Å². The lowest BCUT2D eigenvalue weighted by Crippen LogP contribution is -2.51. The van der Waals surface area contributed by atoms with Crippen LogP contribution < -0.4 is 20.5 Å². The second kappa shape index (κ2) is 6.14. The summed E-state index contributed by atoms with van der Waals surface area (Å²) in [6.07, 6.45) is 1.35. The number of aliphatic carboxylic acids is 1. The molecule has 0 atom stereocenters. The first-order chi connectivity index (χ1) is 9.95. The molecule has 1 aliphatic rings. The minimum atomic E-state index is -1.35. The van der Waals surface area contributed by atoms with Crippen LogP contribution in [0, 0.1) is 0 Å². The summed E-state index contributed by atoms with van der Waals surface area (Å²) in [5, 5.41) is 14.9. The number of carboxylic acid groups (broad SMARTS) is 1. The molecule has 2 rings (SSSR count). The van der Waals surface area contributed by atoms with E-state index in [2.05, 4.69) is 22.9 Å². The molecule has 1 aliphatic heterocycles. The summed E-state index contributed by atoms with van der Waals surface area (Å²) in [6.45, 7) is -0.588. The van der Waals surface area contributed by atoms with E-state index in [0.29, 0.717) is 5.56 Å². The van der Waals surface area contributed by atoms with Crippen LogP contribution in [0.5, 0.6) is 5.75 Å². The Hall–Kier alpha value is -2.74. The third-order valence-corrected chi connectivity index (χ3v) is 2.67. The molecule has 0 bridgehead atoms. The fourth-order valence-corrected chi connectivity index (χ4v) is 1.79. The monoisotopic (exact) mass is 305 g/mol. The highest BCUT2D eigenvalue weighted by atomic mass is 32.1. The zero-order chi connectivity index (χ0) is 15.4. The van der Waals surface area contributed by atoms with E-state index in [1.165, 1.54) is 12.1 Å². The van der Waals surface area contributed by atoms with Gasteiger partial charge in [-0.3, -0.25) is 20.2 Å². The van der Waals surface area contributed by atoms with Crippen LogP contribution in [0.15, 0.2) is 29.8 Å². The van der Waals surface area contributed by atoms with Gasteiger partial charge in [0.1, 0.15) is 17.9 Å². The van der Waals surface area contributed by atoms with E-state index in [1.807, 2.05) is 0 Å². The minimum Gasteiger partial charge on any atom is -0.546 e. The Labute approximate surface area is 124 Å². The van der Waals surface area contributed by atoms with E-state index < -0.39 is 24.4 Å². The molecule has 0 unspecified atom stereocenters. The second-order valence-electron chi connectivity index (χ2n) is 4.03. The smallest absolute Gasteiger partial charge is 0.263 e. The number of nitrogens with one attached hydrogen (secondary N) is 2. The first kappa shape index (κ1) is 14.7. The predicted octanol–water partition coefficient (Wildman–Crippen LogP) is -1.27. The maximum absolute atomic E-state index is 11.7. The molecule has 0 radical (unpaired) electrons. The summed E-state index contributed by atoms with van der Waals surface area (Å²) in [6, 6.07) is 6.26. The first-order valence-electron chi connectivity index (χ1n) is 5.77. The average Bonchev–Trinajstić information content (AvgIpc) is 2.41. The van der Waals surface area contributed by atoms with Crippen molar-refractivity contribution in [2.75, 3.05) is 6.61 Å². The van der Waals surface area contributed by atoms with Crippen LogP contribution in [0.2, 0.25) is 0 Å². The topological polar surface area (TPSA) is 108 Å². The van der Waals surface area contributed by atoms with Gasteiger partial charge >= 0.3 is 0 Å². The van der Waals surface area contributed by atoms with Gasteiger partial charge in [0.15, 0.2) is 5.11 Å². The molecule has 0 spiro atoms. The number of carboxylic acids is 1. The van der Waals surface area contributed by atoms with Crippen LogP contribution >= 0.6 is 12.2 Å². The van der Waals surface area contributed by atoms with E-state index in [-0.39, 0.29) is 16.4 Å². The number of thiocarbonyl (C=S) groups is 1. The highest BCUT2D eigenvalue weighted by Gasteiger charge is 2.25. The quantitative estimate of drug-likeness (QED) is 0.408. The Morgan fingerprint density at radius 2 is 1.95 bits per heavy atom. The summed E-state index contributed by atoms with van der Waals surface area (Å²) in [4.78, 5) is 33.7. The second-order valence-corrected chi connectivity index (χ2v) is 4.44. The van der Waals surface area contributed by atoms with E-state index in [0.717, 1.165) is 0 Å². The molecule has 8 heteroatoms. The van der Waals surface area contributed by atoms with Crippen LogP contribution in [0.25, 0.3) is 6.08 Å². The van der Waals surface area contributed by atoms with Crippen molar-refractivity contribution in [1.82, 2.24) is 10.6 Å². The standard InChI is InChI=1S/C13H10N2O5S/c16-10(17)6-20-8-3-1-2-7(4-8)5-9-11(18)14-13(21)15-12(9)19/h1-5H,6H2,(H,16,17)(H2,14,15,18,19,21)/p-1. The van der Waals surface area contributed by atoms with Crippen LogP contribution in [0.4, 0.5) is 0 Å². The summed E-state index contributed by atoms with van der Waals surface area (Å²) in [7, 11) is 0. The van der Waals surface area contributed by atoms with Crippen LogP contribution in [-0.2, 0) is 14.4 Å². The molecule has 1 saturated heterocycles. The number of hydrogen-bond acceptors (Lipinski definition) is 6. The van der Waals surface area contributed by atoms with Gasteiger partial charge in [-0.05, 0) is 36.0 Å². The SMILES string of the molecule is O=C([O-])COc1cccc(C=C2C(=O)NC(=S)NC2=O)c1. The van der Waals surface area contributed by atoms with Gasteiger partial charge in [-0.2, -0.15) is 0 Å². The number of amides is 2. The highest BCUT2D eigenvalue weighted by molar-refractivity contribution is 7.80. The van der Waals surface area contributed by atoms with Crippen LogP contribution in [0.3, 0.4) is 0 Å². The zero-order valence-electron chi connectivity index (χ0n) is 10.5. The molecule has 2 amide bonds. The van der Waals surface area contributed by atoms with E-state index >= 15 is 0 Å². The molecule has 1 heterocycles. The van der Waals surface area contributed by atoms with Crippen LogP contribution in [0.1, 0.15) is 5.56 Å². The fraction of sp³-hybridized carbons (Fsp3) is 0.0769. The molecule has 2 N–H and O–H groups in total. The number of hydrogen-bond donors (Lipinski definition) is 2. The van der Waals surface area contributed by atoms with Crippen molar-refractivity contribution in [3.8, 4) is 5.75 Å². The summed E-state index contributed by atoms with van der Waals surface area (Å²) in [5.41, 5.74) is 0.389. The maximum atomic E-state index is 11.7. The Bertz CT molecular complexity index is 646. The minimum absolute atomic E-state index is 0.0480. The van der Waals surface area contributed by atoms with Crippen molar-refractivity contribution in [3.05, 3.63) is 35.4 Å². The van der Waals surface area contributed by atoms with Gasteiger partial charge in [-0.1, -0.05) is 12.1 Å². The normalized spacial score (nSPS) is 14.3. The summed E-state index contributed by atoms with van der Waals surface area (Å²) >= 11 is 4.68. The molecule has 1 fully saturated rings. The number of ether oxygens (including phenoxy) is 1. The maximum Gasteiger partial charge on any atom is 0.263 e. The van der Waals surface area contributed by atoms with E-state index in [4.69, 9.17) is 4.74 Å².